The van der Waals surface area contributed by atoms with Crippen LogP contribution < -0.4 is 4.90 Å². The Morgan fingerprint density at radius 2 is 2.06 bits per heavy atom. The second kappa shape index (κ2) is 4.52. The number of carbonyl (C=O) groups excluding carboxylic acids is 1. The molecular formula is C15H19NO. The largest absolute Gasteiger partial charge is 0.371 e. The molecule has 0 unspecified atom stereocenters. The van der Waals surface area contributed by atoms with Gasteiger partial charge in [-0.05, 0) is 30.9 Å². The molecule has 3 rings (SSSR count). The van der Waals surface area contributed by atoms with Crippen LogP contribution in [0.4, 0.5) is 5.69 Å². The average Bonchev–Trinajstić information content (AvgIpc) is 3.17. The lowest BCUT2D eigenvalue weighted by Crippen LogP contribution is -2.25. The first-order valence-corrected chi connectivity index (χ1v) is 6.72. The molecule has 17 heavy (non-hydrogen) atoms. The van der Waals surface area contributed by atoms with Crippen molar-refractivity contribution in [2.24, 2.45) is 5.92 Å². The van der Waals surface area contributed by atoms with Crippen molar-refractivity contribution in [2.45, 2.75) is 32.1 Å². The van der Waals surface area contributed by atoms with Crippen molar-refractivity contribution in [2.75, 3.05) is 18.0 Å². The van der Waals surface area contributed by atoms with E-state index in [4.69, 9.17) is 0 Å². The van der Waals surface area contributed by atoms with Gasteiger partial charge in [0.05, 0.1) is 0 Å². The third kappa shape index (κ3) is 2.36. The average molecular weight is 229 g/mol. The van der Waals surface area contributed by atoms with Gasteiger partial charge in [0, 0.05) is 30.8 Å². The number of fused-ring (bicyclic) bond motifs is 1. The summed E-state index contributed by atoms with van der Waals surface area (Å²) < 4.78 is 0. The van der Waals surface area contributed by atoms with Crippen LogP contribution in [0.3, 0.4) is 0 Å². The highest BCUT2D eigenvalue weighted by atomic mass is 16.1. The molecule has 0 aromatic heterocycles. The summed E-state index contributed by atoms with van der Waals surface area (Å²) in [5, 5.41) is 0. The molecule has 1 aromatic carbocycles. The highest BCUT2D eigenvalue weighted by Crippen LogP contribution is 2.34. The van der Waals surface area contributed by atoms with Gasteiger partial charge in [-0.1, -0.05) is 25.0 Å². The number of anilines is 1. The van der Waals surface area contributed by atoms with E-state index in [0.717, 1.165) is 36.7 Å². The van der Waals surface area contributed by atoms with E-state index in [9.17, 15) is 4.79 Å². The predicted octanol–water partition coefficient (Wildman–Crippen LogP) is 3.27. The van der Waals surface area contributed by atoms with Crippen LogP contribution in [0.2, 0.25) is 0 Å². The summed E-state index contributed by atoms with van der Waals surface area (Å²) in [6.45, 7) is 2.16. The van der Waals surface area contributed by atoms with Crippen molar-refractivity contribution < 1.29 is 4.79 Å². The summed E-state index contributed by atoms with van der Waals surface area (Å²) in [4.78, 5) is 14.4. The normalized spacial score (nSPS) is 20.0. The number of hydrogen-bond donors (Lipinski definition) is 0. The Labute approximate surface area is 103 Å². The Morgan fingerprint density at radius 3 is 2.88 bits per heavy atom. The molecule has 1 aromatic rings. The number of ketones is 1. The number of Topliss-reactive ketones (excluding diaryl/α,β-unsaturated/α-hetero) is 1. The fourth-order valence-corrected chi connectivity index (χ4v) is 2.65. The minimum absolute atomic E-state index is 0.314. The Bertz CT molecular complexity index is 423. The van der Waals surface area contributed by atoms with Crippen LogP contribution in [0.1, 0.15) is 42.5 Å². The van der Waals surface area contributed by atoms with Crippen molar-refractivity contribution in [1.29, 1.82) is 0 Å². The standard InChI is InChI=1S/C15H19NO/c17-15-6-3-10-16(11-9-12-7-8-12)14-5-2-1-4-13(14)15/h1-2,4-5,12H,3,6-11H2. The van der Waals surface area contributed by atoms with Gasteiger partial charge in [0.15, 0.2) is 5.78 Å². The van der Waals surface area contributed by atoms with Crippen LogP contribution in [0.5, 0.6) is 0 Å². The van der Waals surface area contributed by atoms with Gasteiger partial charge in [-0.25, -0.2) is 0 Å². The monoisotopic (exact) mass is 229 g/mol. The molecule has 0 radical (unpaired) electrons. The van der Waals surface area contributed by atoms with Crippen molar-refractivity contribution in [1.82, 2.24) is 0 Å². The molecule has 1 aliphatic heterocycles. The third-order valence-electron chi connectivity index (χ3n) is 3.88. The maximum absolute atomic E-state index is 12.0. The number of rotatable bonds is 3. The van der Waals surface area contributed by atoms with E-state index in [1.54, 1.807) is 0 Å². The highest BCUT2D eigenvalue weighted by Gasteiger charge is 2.24. The second-order valence-corrected chi connectivity index (χ2v) is 5.26. The molecule has 0 atom stereocenters. The molecular weight excluding hydrogens is 210 g/mol. The lowest BCUT2D eigenvalue weighted by molar-refractivity contribution is 0.0984. The Balaban J connectivity index is 1.82. The molecule has 0 saturated heterocycles. The predicted molar refractivity (Wildman–Crippen MR) is 69.6 cm³/mol. The zero-order chi connectivity index (χ0) is 11.7. The summed E-state index contributed by atoms with van der Waals surface area (Å²) in [5.74, 6) is 1.27. The second-order valence-electron chi connectivity index (χ2n) is 5.26. The highest BCUT2D eigenvalue weighted by molar-refractivity contribution is 6.01. The molecule has 0 spiro atoms. The number of hydrogen-bond acceptors (Lipinski definition) is 2. The zero-order valence-corrected chi connectivity index (χ0v) is 10.2. The summed E-state index contributed by atoms with van der Waals surface area (Å²) in [7, 11) is 0. The lowest BCUT2D eigenvalue weighted by Gasteiger charge is -2.24. The van der Waals surface area contributed by atoms with Gasteiger partial charge in [0.2, 0.25) is 0 Å². The summed E-state index contributed by atoms with van der Waals surface area (Å²) in [6.07, 6.45) is 5.82. The fraction of sp³-hybridized carbons (Fsp3) is 0.533. The molecule has 1 heterocycles. The van der Waals surface area contributed by atoms with Gasteiger partial charge >= 0.3 is 0 Å². The van der Waals surface area contributed by atoms with Crippen LogP contribution in [0.15, 0.2) is 24.3 Å². The number of carbonyl (C=O) groups is 1. The zero-order valence-electron chi connectivity index (χ0n) is 10.2. The molecule has 90 valence electrons. The summed E-state index contributed by atoms with van der Waals surface area (Å²) in [5.41, 5.74) is 2.09. The summed E-state index contributed by atoms with van der Waals surface area (Å²) >= 11 is 0. The maximum atomic E-state index is 12.0. The van der Waals surface area contributed by atoms with Gasteiger partial charge in [-0.15, -0.1) is 0 Å². The molecule has 2 nitrogen and oxygen atoms in total. The molecule has 2 aliphatic rings. The van der Waals surface area contributed by atoms with Crippen LogP contribution >= 0.6 is 0 Å². The van der Waals surface area contributed by atoms with E-state index < -0.39 is 0 Å². The van der Waals surface area contributed by atoms with Crippen molar-refractivity contribution in [3.8, 4) is 0 Å². The number of para-hydroxylation sites is 1. The van der Waals surface area contributed by atoms with Crippen molar-refractivity contribution in [3.63, 3.8) is 0 Å². The number of benzene rings is 1. The van der Waals surface area contributed by atoms with Gasteiger partial charge in [0.25, 0.3) is 0 Å². The number of nitrogens with zero attached hydrogens (tertiary/aromatic N) is 1. The van der Waals surface area contributed by atoms with Crippen LogP contribution in [0.25, 0.3) is 0 Å². The first-order chi connectivity index (χ1) is 8.34. The smallest absolute Gasteiger partial charge is 0.165 e. The fourth-order valence-electron chi connectivity index (χ4n) is 2.65. The molecule has 2 heteroatoms. The molecule has 0 amide bonds. The molecule has 1 saturated carbocycles. The van der Waals surface area contributed by atoms with Crippen LogP contribution in [0, 0.1) is 5.92 Å². The Kier molecular flexibility index (Phi) is 2.87. The molecule has 0 N–H and O–H groups in total. The third-order valence-corrected chi connectivity index (χ3v) is 3.88. The maximum Gasteiger partial charge on any atom is 0.165 e. The Morgan fingerprint density at radius 1 is 1.24 bits per heavy atom. The van der Waals surface area contributed by atoms with Crippen molar-refractivity contribution in [3.05, 3.63) is 29.8 Å². The van der Waals surface area contributed by atoms with Crippen LogP contribution in [-0.4, -0.2) is 18.9 Å². The SMILES string of the molecule is O=C1CCCN(CCC2CC2)c2ccccc21. The van der Waals surface area contributed by atoms with Gasteiger partial charge < -0.3 is 4.90 Å². The van der Waals surface area contributed by atoms with E-state index in [-0.39, 0.29) is 0 Å². The van der Waals surface area contributed by atoms with Gasteiger partial charge in [-0.2, -0.15) is 0 Å². The summed E-state index contributed by atoms with van der Waals surface area (Å²) in [6, 6.07) is 8.10. The minimum Gasteiger partial charge on any atom is -0.371 e. The lowest BCUT2D eigenvalue weighted by atomic mass is 10.1. The van der Waals surface area contributed by atoms with E-state index >= 15 is 0 Å². The van der Waals surface area contributed by atoms with Gasteiger partial charge in [0.1, 0.15) is 0 Å². The van der Waals surface area contributed by atoms with E-state index in [0.29, 0.717) is 12.2 Å². The quantitative estimate of drug-likeness (QED) is 0.793. The van der Waals surface area contributed by atoms with Crippen molar-refractivity contribution >= 4 is 11.5 Å². The van der Waals surface area contributed by atoms with E-state index in [2.05, 4.69) is 11.0 Å². The van der Waals surface area contributed by atoms with Crippen LogP contribution in [-0.2, 0) is 0 Å². The van der Waals surface area contributed by atoms with Gasteiger partial charge in [-0.3, -0.25) is 4.79 Å². The molecule has 1 fully saturated rings. The first-order valence-electron chi connectivity index (χ1n) is 6.72. The Hall–Kier alpha value is -1.31. The molecule has 1 aliphatic carbocycles. The molecule has 0 bridgehead atoms. The van der Waals surface area contributed by atoms with E-state index in [1.165, 1.54) is 19.3 Å². The van der Waals surface area contributed by atoms with E-state index in [1.807, 2.05) is 18.2 Å². The first kappa shape index (κ1) is 10.8. The topological polar surface area (TPSA) is 20.3 Å². The minimum atomic E-state index is 0.314.